The molecule has 5 aromatic rings. The normalized spacial score (nSPS) is 11.4. The molecule has 4 N–H and O–H groups in total. The van der Waals surface area contributed by atoms with Gasteiger partial charge in [0.05, 0.1) is 28.7 Å². The number of benzene rings is 3. The van der Waals surface area contributed by atoms with E-state index in [0.717, 1.165) is 17.8 Å². The van der Waals surface area contributed by atoms with Crippen LogP contribution in [-0.4, -0.2) is 33.3 Å². The molecule has 0 saturated carbocycles. The van der Waals surface area contributed by atoms with Crippen molar-refractivity contribution in [3.8, 4) is 5.69 Å². The SMILES string of the molecule is CNc1ccc(Nc2cccc3ccn(CC(=O)Nc4cc(-n5cnc(C)c5)cc(C(F)(F)F)c4)c(=O)c23)cc1C=N. The van der Waals surface area contributed by atoms with Crippen molar-refractivity contribution in [2.24, 2.45) is 0 Å². The maximum absolute atomic E-state index is 13.6. The molecule has 42 heavy (non-hydrogen) atoms. The Morgan fingerprint density at radius 1 is 1.05 bits per heavy atom. The van der Waals surface area contributed by atoms with E-state index in [2.05, 4.69) is 20.9 Å². The minimum absolute atomic E-state index is 0.0700. The zero-order valence-electron chi connectivity index (χ0n) is 22.6. The highest BCUT2D eigenvalue weighted by molar-refractivity contribution is 5.96. The Kier molecular flexibility index (Phi) is 7.53. The second-order valence-corrected chi connectivity index (χ2v) is 9.58. The molecule has 0 saturated heterocycles. The number of alkyl halides is 3. The lowest BCUT2D eigenvalue weighted by atomic mass is 10.1. The number of carbonyl (C=O) groups excluding carboxylic acids is 1. The van der Waals surface area contributed by atoms with Gasteiger partial charge in [-0.05, 0) is 60.8 Å². The quantitative estimate of drug-likeness (QED) is 0.172. The van der Waals surface area contributed by atoms with Gasteiger partial charge in [-0.25, -0.2) is 4.98 Å². The minimum Gasteiger partial charge on any atom is -0.388 e. The molecule has 0 unspecified atom stereocenters. The van der Waals surface area contributed by atoms with E-state index in [1.807, 2.05) is 6.07 Å². The van der Waals surface area contributed by atoms with Gasteiger partial charge in [-0.2, -0.15) is 13.2 Å². The van der Waals surface area contributed by atoms with Crippen molar-refractivity contribution in [1.82, 2.24) is 14.1 Å². The molecule has 0 bridgehead atoms. The van der Waals surface area contributed by atoms with Gasteiger partial charge in [0.2, 0.25) is 5.91 Å². The monoisotopic (exact) mass is 573 g/mol. The third-order valence-corrected chi connectivity index (χ3v) is 6.61. The summed E-state index contributed by atoms with van der Waals surface area (Å²) >= 11 is 0. The molecule has 0 aliphatic carbocycles. The van der Waals surface area contributed by atoms with Crippen molar-refractivity contribution in [1.29, 1.82) is 5.41 Å². The first kappa shape index (κ1) is 28.1. The third-order valence-electron chi connectivity index (χ3n) is 6.61. The number of pyridine rings is 1. The minimum atomic E-state index is -4.64. The molecule has 0 aliphatic heterocycles. The predicted molar refractivity (Wildman–Crippen MR) is 157 cm³/mol. The van der Waals surface area contributed by atoms with Crippen LogP contribution in [0.4, 0.5) is 35.9 Å². The van der Waals surface area contributed by atoms with Gasteiger partial charge in [0, 0.05) is 54.0 Å². The fraction of sp³-hybridized carbons (Fsp3) is 0.133. The Bertz CT molecular complexity index is 1880. The van der Waals surface area contributed by atoms with E-state index in [4.69, 9.17) is 5.41 Å². The van der Waals surface area contributed by atoms with Gasteiger partial charge in [0.25, 0.3) is 5.56 Å². The molecule has 3 aromatic carbocycles. The zero-order chi connectivity index (χ0) is 30.0. The number of hydrogen-bond donors (Lipinski definition) is 4. The summed E-state index contributed by atoms with van der Waals surface area (Å²) in [6.07, 6.45) is 1.00. The number of aryl methyl sites for hydroxylation is 1. The van der Waals surface area contributed by atoms with Crippen LogP contribution in [0.15, 0.2) is 84.2 Å². The number of rotatable bonds is 8. The van der Waals surface area contributed by atoms with Gasteiger partial charge >= 0.3 is 6.18 Å². The molecule has 5 rings (SSSR count). The summed E-state index contributed by atoms with van der Waals surface area (Å²) in [6.45, 7) is 1.29. The number of fused-ring (bicyclic) bond motifs is 1. The lowest BCUT2D eigenvalue weighted by Crippen LogP contribution is -2.27. The number of carbonyl (C=O) groups is 1. The van der Waals surface area contributed by atoms with Crippen LogP contribution in [0.5, 0.6) is 0 Å². The third kappa shape index (κ3) is 5.87. The van der Waals surface area contributed by atoms with Gasteiger partial charge in [-0.3, -0.25) is 9.59 Å². The van der Waals surface area contributed by atoms with E-state index in [-0.39, 0.29) is 11.4 Å². The fourth-order valence-electron chi connectivity index (χ4n) is 4.61. The Morgan fingerprint density at radius 3 is 2.55 bits per heavy atom. The number of hydrogen-bond acceptors (Lipinski definition) is 6. The van der Waals surface area contributed by atoms with Crippen LogP contribution in [0, 0.1) is 12.3 Å². The summed E-state index contributed by atoms with van der Waals surface area (Å²) in [4.78, 5) is 30.5. The first-order chi connectivity index (χ1) is 20.0. The maximum Gasteiger partial charge on any atom is 0.416 e. The molecule has 0 atom stereocenters. The van der Waals surface area contributed by atoms with Gasteiger partial charge in [0.1, 0.15) is 6.54 Å². The van der Waals surface area contributed by atoms with E-state index >= 15 is 0 Å². The van der Waals surface area contributed by atoms with Gasteiger partial charge < -0.3 is 30.5 Å². The summed E-state index contributed by atoms with van der Waals surface area (Å²) < 4.78 is 43.5. The largest absolute Gasteiger partial charge is 0.416 e. The van der Waals surface area contributed by atoms with Crippen LogP contribution >= 0.6 is 0 Å². The standard InChI is InChI=1S/C30H26F3N7O2/c1-18-15-40(17-36-18)24-12-21(30(31,32)33)11-23(13-24)38-27(41)16-39-9-8-19-4-3-5-26(28(19)29(39)42)37-22-6-7-25(35-2)20(10-22)14-34/h3-15,17,34-35,37H,16H2,1-2H3,(H,38,41). The van der Waals surface area contributed by atoms with E-state index in [1.54, 1.807) is 56.6 Å². The zero-order valence-corrected chi connectivity index (χ0v) is 22.6. The van der Waals surface area contributed by atoms with Crippen LogP contribution in [-0.2, 0) is 17.5 Å². The molecule has 1 amide bonds. The predicted octanol–water partition coefficient (Wildman–Crippen LogP) is 5.94. The highest BCUT2D eigenvalue weighted by Gasteiger charge is 2.31. The Balaban J connectivity index is 1.44. The van der Waals surface area contributed by atoms with E-state index in [1.165, 1.54) is 33.9 Å². The lowest BCUT2D eigenvalue weighted by molar-refractivity contribution is -0.137. The van der Waals surface area contributed by atoms with Gasteiger partial charge in [-0.15, -0.1) is 0 Å². The number of anilines is 4. The summed E-state index contributed by atoms with van der Waals surface area (Å²) in [5, 5.41) is 17.4. The molecule has 2 heterocycles. The van der Waals surface area contributed by atoms with Crippen molar-refractivity contribution in [2.75, 3.05) is 23.0 Å². The second-order valence-electron chi connectivity index (χ2n) is 9.58. The molecule has 9 nitrogen and oxygen atoms in total. The first-order valence-corrected chi connectivity index (χ1v) is 12.8. The molecule has 0 fully saturated rings. The van der Waals surface area contributed by atoms with Crippen LogP contribution in [0.1, 0.15) is 16.8 Å². The van der Waals surface area contributed by atoms with Gasteiger partial charge in [-0.1, -0.05) is 12.1 Å². The van der Waals surface area contributed by atoms with E-state index in [9.17, 15) is 22.8 Å². The van der Waals surface area contributed by atoms with Crippen molar-refractivity contribution in [3.63, 3.8) is 0 Å². The molecule has 214 valence electrons. The average molecular weight is 574 g/mol. The number of amides is 1. The number of halogens is 3. The Labute approximate surface area is 238 Å². The van der Waals surface area contributed by atoms with Gasteiger partial charge in [0.15, 0.2) is 0 Å². The topological polar surface area (TPSA) is 117 Å². The highest BCUT2D eigenvalue weighted by Crippen LogP contribution is 2.33. The van der Waals surface area contributed by atoms with Crippen molar-refractivity contribution in [3.05, 3.63) is 107 Å². The van der Waals surface area contributed by atoms with E-state index < -0.39 is 29.8 Å². The number of nitrogens with one attached hydrogen (secondary N) is 4. The highest BCUT2D eigenvalue weighted by atomic mass is 19.4. The Morgan fingerprint density at radius 2 is 1.86 bits per heavy atom. The van der Waals surface area contributed by atoms with Crippen LogP contribution in [0.2, 0.25) is 0 Å². The molecule has 0 radical (unpaired) electrons. The Hall–Kier alpha value is -5.39. The van der Waals surface area contributed by atoms with Crippen LogP contribution in [0.3, 0.4) is 0 Å². The van der Waals surface area contributed by atoms with Crippen molar-refractivity contribution >= 4 is 45.6 Å². The molecule has 0 aliphatic rings. The molecular weight excluding hydrogens is 547 g/mol. The molecule has 2 aromatic heterocycles. The smallest absolute Gasteiger partial charge is 0.388 e. The molecular formula is C30H26F3N7O2. The average Bonchev–Trinajstić information content (AvgIpc) is 3.40. The van der Waals surface area contributed by atoms with Crippen LogP contribution in [0.25, 0.3) is 16.5 Å². The van der Waals surface area contributed by atoms with Crippen molar-refractivity contribution < 1.29 is 18.0 Å². The summed E-state index contributed by atoms with van der Waals surface area (Å²) in [5.74, 6) is -0.674. The summed E-state index contributed by atoms with van der Waals surface area (Å²) in [7, 11) is 1.76. The fourth-order valence-corrected chi connectivity index (χ4v) is 4.61. The lowest BCUT2D eigenvalue weighted by Gasteiger charge is -2.15. The van der Waals surface area contributed by atoms with Crippen LogP contribution < -0.4 is 21.5 Å². The van der Waals surface area contributed by atoms with Crippen molar-refractivity contribution in [2.45, 2.75) is 19.6 Å². The molecule has 0 spiro atoms. The number of nitrogens with zero attached hydrogens (tertiary/aromatic N) is 3. The summed E-state index contributed by atoms with van der Waals surface area (Å²) in [5.41, 5.74) is 1.91. The summed E-state index contributed by atoms with van der Waals surface area (Å²) in [6, 6.07) is 15.6. The second kappa shape index (κ2) is 11.2. The first-order valence-electron chi connectivity index (χ1n) is 12.8. The number of aromatic nitrogens is 3. The van der Waals surface area contributed by atoms with E-state index in [0.29, 0.717) is 33.4 Å². The number of imidazole rings is 1. The molecule has 12 heteroatoms. The maximum atomic E-state index is 13.6.